The molecule has 0 atom stereocenters. The van der Waals surface area contributed by atoms with Gasteiger partial charge in [-0.1, -0.05) is 13.8 Å². The van der Waals surface area contributed by atoms with Gasteiger partial charge in [0.1, 0.15) is 6.29 Å². The number of rotatable bonds is 9. The summed E-state index contributed by atoms with van der Waals surface area (Å²) in [6.07, 6.45) is 1.80. The molecule has 0 N–H and O–H groups in total. The summed E-state index contributed by atoms with van der Waals surface area (Å²) in [6, 6.07) is 6.79. The predicted octanol–water partition coefficient (Wildman–Crippen LogP) is 4.23. The van der Waals surface area contributed by atoms with E-state index in [-0.39, 0.29) is 12.4 Å². The minimum Gasteiger partial charge on any atom is -0.493 e. The Bertz CT molecular complexity index is 790. The summed E-state index contributed by atoms with van der Waals surface area (Å²) in [5.41, 5.74) is 3.19. The zero-order valence-corrected chi connectivity index (χ0v) is 16.2. The maximum Gasteiger partial charge on any atom is 0.202 e. The Morgan fingerprint density at radius 3 is 2.54 bits per heavy atom. The van der Waals surface area contributed by atoms with Gasteiger partial charge < -0.3 is 14.0 Å². The van der Waals surface area contributed by atoms with E-state index in [1.165, 1.54) is 7.11 Å². The Balaban J connectivity index is 2.14. The Labute approximate surface area is 154 Å². The number of aldehydes is 1. The van der Waals surface area contributed by atoms with Crippen molar-refractivity contribution in [2.75, 3.05) is 13.7 Å². The number of ether oxygens (including phenoxy) is 2. The van der Waals surface area contributed by atoms with E-state index >= 15 is 0 Å². The minimum atomic E-state index is -0.104. The van der Waals surface area contributed by atoms with Crippen LogP contribution in [0.25, 0.3) is 0 Å². The van der Waals surface area contributed by atoms with Crippen molar-refractivity contribution in [3.8, 4) is 11.5 Å². The van der Waals surface area contributed by atoms with E-state index in [0.717, 1.165) is 30.6 Å². The quantitative estimate of drug-likeness (QED) is 0.498. The molecule has 1 heterocycles. The second kappa shape index (κ2) is 8.70. The standard InChI is InChI=1S/C21H27NO4/c1-14(2)8-9-22-15(3)10-18(16(22)4)19(24)13-26-21-11-17(12-23)6-7-20(21)25-5/h6-7,10-12,14H,8-9,13H2,1-5H3. The molecule has 5 heteroatoms. The van der Waals surface area contributed by atoms with E-state index in [1.807, 2.05) is 19.9 Å². The van der Waals surface area contributed by atoms with Gasteiger partial charge in [0.2, 0.25) is 5.78 Å². The lowest BCUT2D eigenvalue weighted by atomic mass is 10.1. The van der Waals surface area contributed by atoms with Crippen molar-refractivity contribution >= 4 is 12.1 Å². The number of aryl methyl sites for hydroxylation is 1. The molecule has 0 fully saturated rings. The molecular formula is C21H27NO4. The third-order valence-electron chi connectivity index (χ3n) is 4.49. The second-order valence-electron chi connectivity index (χ2n) is 6.86. The van der Waals surface area contributed by atoms with Crippen LogP contribution in [0.5, 0.6) is 11.5 Å². The van der Waals surface area contributed by atoms with Crippen molar-refractivity contribution in [3.05, 3.63) is 46.8 Å². The molecule has 0 bridgehead atoms. The van der Waals surface area contributed by atoms with E-state index in [0.29, 0.717) is 28.5 Å². The lowest BCUT2D eigenvalue weighted by Crippen LogP contribution is -2.14. The maximum atomic E-state index is 12.6. The van der Waals surface area contributed by atoms with Gasteiger partial charge in [-0.15, -0.1) is 0 Å². The highest BCUT2D eigenvalue weighted by Gasteiger charge is 2.17. The van der Waals surface area contributed by atoms with Crippen LogP contribution in [-0.2, 0) is 6.54 Å². The van der Waals surface area contributed by atoms with Crippen molar-refractivity contribution < 1.29 is 19.1 Å². The molecule has 2 rings (SSSR count). The predicted molar refractivity (Wildman–Crippen MR) is 102 cm³/mol. The molecule has 0 aliphatic heterocycles. The van der Waals surface area contributed by atoms with Crippen molar-refractivity contribution in [3.63, 3.8) is 0 Å². The fraction of sp³-hybridized carbons (Fsp3) is 0.429. The molecule has 0 saturated carbocycles. The van der Waals surface area contributed by atoms with Crippen molar-refractivity contribution in [2.45, 2.75) is 40.7 Å². The fourth-order valence-corrected chi connectivity index (χ4v) is 2.92. The summed E-state index contributed by atoms with van der Waals surface area (Å²) in [6.45, 7) is 9.16. The number of carbonyl (C=O) groups is 2. The first-order valence-electron chi connectivity index (χ1n) is 8.83. The summed E-state index contributed by atoms with van der Waals surface area (Å²) in [5.74, 6) is 1.40. The zero-order chi connectivity index (χ0) is 19.3. The topological polar surface area (TPSA) is 57.5 Å². The summed E-state index contributed by atoms with van der Waals surface area (Å²) in [7, 11) is 1.52. The van der Waals surface area contributed by atoms with Crippen LogP contribution in [0.15, 0.2) is 24.3 Å². The fourth-order valence-electron chi connectivity index (χ4n) is 2.92. The van der Waals surface area contributed by atoms with Gasteiger partial charge in [0.25, 0.3) is 0 Å². The van der Waals surface area contributed by atoms with Crippen LogP contribution in [-0.4, -0.2) is 30.4 Å². The van der Waals surface area contributed by atoms with Gasteiger partial charge in [0.15, 0.2) is 18.1 Å². The SMILES string of the molecule is COc1ccc(C=O)cc1OCC(=O)c1cc(C)n(CCC(C)C)c1C. The van der Waals surface area contributed by atoms with Crippen LogP contribution < -0.4 is 9.47 Å². The normalized spacial score (nSPS) is 10.8. The number of aromatic nitrogens is 1. The molecule has 0 aliphatic carbocycles. The smallest absolute Gasteiger partial charge is 0.202 e. The van der Waals surface area contributed by atoms with E-state index < -0.39 is 0 Å². The lowest BCUT2D eigenvalue weighted by Gasteiger charge is -2.12. The summed E-state index contributed by atoms with van der Waals surface area (Å²) < 4.78 is 13.1. The molecule has 0 radical (unpaired) electrons. The molecule has 26 heavy (non-hydrogen) atoms. The van der Waals surface area contributed by atoms with Crippen LogP contribution in [0.1, 0.15) is 52.4 Å². The molecule has 1 aromatic heterocycles. The minimum absolute atomic E-state index is 0.0903. The zero-order valence-electron chi connectivity index (χ0n) is 16.2. The Morgan fingerprint density at radius 2 is 1.92 bits per heavy atom. The maximum absolute atomic E-state index is 12.6. The number of ketones is 1. The average molecular weight is 357 g/mol. The highest BCUT2D eigenvalue weighted by atomic mass is 16.5. The molecule has 0 spiro atoms. The van der Waals surface area contributed by atoms with E-state index in [1.54, 1.807) is 18.2 Å². The van der Waals surface area contributed by atoms with Crippen molar-refractivity contribution in [1.29, 1.82) is 0 Å². The summed E-state index contributed by atoms with van der Waals surface area (Å²) in [4.78, 5) is 23.6. The number of Topliss-reactive ketones (excluding diaryl/α,β-unsaturated/α-hetero) is 1. The molecular weight excluding hydrogens is 330 g/mol. The Hall–Kier alpha value is -2.56. The van der Waals surface area contributed by atoms with Crippen molar-refractivity contribution in [2.24, 2.45) is 5.92 Å². The monoisotopic (exact) mass is 357 g/mol. The number of hydrogen-bond donors (Lipinski definition) is 0. The molecule has 0 saturated heterocycles. The molecule has 0 amide bonds. The van der Waals surface area contributed by atoms with Crippen LogP contribution in [0.2, 0.25) is 0 Å². The first-order valence-corrected chi connectivity index (χ1v) is 8.83. The third-order valence-corrected chi connectivity index (χ3v) is 4.49. The van der Waals surface area contributed by atoms with Gasteiger partial charge in [-0.25, -0.2) is 0 Å². The Morgan fingerprint density at radius 1 is 1.19 bits per heavy atom. The number of hydrogen-bond acceptors (Lipinski definition) is 4. The molecule has 0 unspecified atom stereocenters. The van der Waals surface area contributed by atoms with E-state index in [4.69, 9.17) is 9.47 Å². The molecule has 5 nitrogen and oxygen atoms in total. The van der Waals surface area contributed by atoms with Crippen molar-refractivity contribution in [1.82, 2.24) is 4.57 Å². The van der Waals surface area contributed by atoms with Crippen LogP contribution in [0.4, 0.5) is 0 Å². The number of nitrogens with zero attached hydrogens (tertiary/aromatic N) is 1. The molecule has 0 aliphatic rings. The molecule has 2 aromatic rings. The molecule has 140 valence electrons. The lowest BCUT2D eigenvalue weighted by molar-refractivity contribution is 0.0918. The number of benzene rings is 1. The average Bonchev–Trinajstić information content (AvgIpc) is 2.91. The number of methoxy groups -OCH3 is 1. The van der Waals surface area contributed by atoms with Crippen LogP contribution in [0.3, 0.4) is 0 Å². The highest BCUT2D eigenvalue weighted by Crippen LogP contribution is 2.28. The Kier molecular flexibility index (Phi) is 6.61. The van der Waals surface area contributed by atoms with Gasteiger partial charge in [0.05, 0.1) is 7.11 Å². The largest absolute Gasteiger partial charge is 0.493 e. The van der Waals surface area contributed by atoms with Gasteiger partial charge in [-0.3, -0.25) is 9.59 Å². The van der Waals surface area contributed by atoms with Gasteiger partial charge in [0, 0.05) is 29.1 Å². The molecule has 1 aromatic carbocycles. The first kappa shape index (κ1) is 19.8. The van der Waals surface area contributed by atoms with E-state index in [2.05, 4.69) is 18.4 Å². The summed E-state index contributed by atoms with van der Waals surface area (Å²) in [5, 5.41) is 0. The van der Waals surface area contributed by atoms with Gasteiger partial charge >= 0.3 is 0 Å². The van der Waals surface area contributed by atoms with Gasteiger partial charge in [-0.05, 0) is 50.5 Å². The summed E-state index contributed by atoms with van der Waals surface area (Å²) >= 11 is 0. The van der Waals surface area contributed by atoms with Crippen LogP contribution in [0, 0.1) is 19.8 Å². The van der Waals surface area contributed by atoms with Gasteiger partial charge in [-0.2, -0.15) is 0 Å². The highest BCUT2D eigenvalue weighted by molar-refractivity contribution is 5.98. The second-order valence-corrected chi connectivity index (χ2v) is 6.86. The van der Waals surface area contributed by atoms with Crippen LogP contribution >= 0.6 is 0 Å². The van der Waals surface area contributed by atoms with E-state index in [9.17, 15) is 9.59 Å². The first-order chi connectivity index (χ1) is 12.4. The third kappa shape index (κ3) is 4.54. The number of carbonyl (C=O) groups excluding carboxylic acids is 2.